The Labute approximate surface area is 221 Å². The second-order valence-corrected chi connectivity index (χ2v) is 9.92. The van der Waals surface area contributed by atoms with Crippen LogP contribution in [0.1, 0.15) is 73.1 Å². The van der Waals surface area contributed by atoms with E-state index in [4.69, 9.17) is 6.42 Å². The van der Waals surface area contributed by atoms with E-state index in [0.29, 0.717) is 25.8 Å². The van der Waals surface area contributed by atoms with Gasteiger partial charge in [0.05, 0.1) is 6.04 Å². The van der Waals surface area contributed by atoms with Crippen molar-refractivity contribution in [2.75, 3.05) is 20.1 Å². The van der Waals surface area contributed by atoms with Crippen LogP contribution in [0, 0.1) is 17.8 Å². The first kappa shape index (κ1) is 33.7. The average Bonchev–Trinajstić information content (AvgIpc) is 3.34. The van der Waals surface area contributed by atoms with Gasteiger partial charge in [-0.1, -0.05) is 47.1 Å². The minimum absolute atomic E-state index is 0.0967. The molecule has 208 valence electrons. The third-order valence-electron chi connectivity index (χ3n) is 5.52. The van der Waals surface area contributed by atoms with Crippen molar-refractivity contribution >= 4 is 29.5 Å². The first-order chi connectivity index (χ1) is 17.4. The number of carbonyl (C=O) groups is 5. The molecule has 0 saturated carbocycles. The van der Waals surface area contributed by atoms with E-state index in [1.165, 1.54) is 18.4 Å². The van der Waals surface area contributed by atoms with E-state index in [9.17, 15) is 24.0 Å². The molecule has 1 aliphatic heterocycles. The van der Waals surface area contributed by atoms with Crippen LogP contribution in [0.5, 0.6) is 0 Å². The van der Waals surface area contributed by atoms with Crippen LogP contribution in [0.15, 0.2) is 12.7 Å². The summed E-state index contributed by atoms with van der Waals surface area (Å²) in [6.45, 7) is 13.8. The topological polar surface area (TPSA) is 137 Å². The number of amides is 5. The zero-order valence-electron chi connectivity index (χ0n) is 23.2. The van der Waals surface area contributed by atoms with Gasteiger partial charge < -0.3 is 26.2 Å². The smallest absolute Gasteiger partial charge is 0.315 e. The van der Waals surface area contributed by atoms with Crippen molar-refractivity contribution in [1.82, 2.24) is 26.2 Å². The molecular weight excluding hydrogens is 474 g/mol. The van der Waals surface area contributed by atoms with Crippen molar-refractivity contribution in [3.63, 3.8) is 0 Å². The molecule has 3 unspecified atom stereocenters. The maximum Gasteiger partial charge on any atom is 0.315 e. The van der Waals surface area contributed by atoms with Gasteiger partial charge in [-0.2, -0.15) is 0 Å². The molecule has 5 amide bonds. The van der Waals surface area contributed by atoms with E-state index >= 15 is 0 Å². The number of likely N-dealkylation sites (tertiary alicyclic amines) is 1. The Morgan fingerprint density at radius 1 is 1.16 bits per heavy atom. The number of nitrogens with one attached hydrogen (secondary N) is 4. The highest BCUT2D eigenvalue weighted by Gasteiger charge is 2.42. The summed E-state index contributed by atoms with van der Waals surface area (Å²) >= 11 is 0. The van der Waals surface area contributed by atoms with Crippen molar-refractivity contribution in [2.24, 2.45) is 5.41 Å². The maximum absolute atomic E-state index is 13.3. The number of rotatable bonds is 11. The molecule has 0 aromatic rings. The monoisotopic (exact) mass is 519 g/mol. The molecule has 0 spiro atoms. The summed E-state index contributed by atoms with van der Waals surface area (Å²) in [4.78, 5) is 64.7. The largest absolute Gasteiger partial charge is 0.349 e. The quantitative estimate of drug-likeness (QED) is 0.143. The number of carbonyl (C=O) groups excluding carboxylic acids is 5. The Bertz CT molecular complexity index is 843. The molecule has 0 bridgehead atoms. The zero-order chi connectivity index (χ0) is 28.6. The van der Waals surface area contributed by atoms with Crippen LogP contribution in [-0.4, -0.2) is 72.7 Å². The highest BCUT2D eigenvalue weighted by atomic mass is 16.2. The summed E-state index contributed by atoms with van der Waals surface area (Å²) in [5.41, 5.74) is -0.609. The lowest BCUT2D eigenvalue weighted by Crippen LogP contribution is -2.59. The zero-order valence-corrected chi connectivity index (χ0v) is 23.2. The predicted molar refractivity (Wildman–Crippen MR) is 144 cm³/mol. The van der Waals surface area contributed by atoms with Crippen LogP contribution in [0.4, 0.5) is 4.79 Å². The number of hydrogen-bond acceptors (Lipinski definition) is 5. The average molecular weight is 520 g/mol. The van der Waals surface area contributed by atoms with E-state index < -0.39 is 47.2 Å². The minimum atomic E-state index is -1.10. The van der Waals surface area contributed by atoms with Crippen molar-refractivity contribution < 1.29 is 24.0 Å². The van der Waals surface area contributed by atoms with Crippen LogP contribution in [-0.2, 0) is 19.2 Å². The van der Waals surface area contributed by atoms with Crippen molar-refractivity contribution in [3.8, 4) is 12.3 Å². The Morgan fingerprint density at radius 3 is 2.30 bits per heavy atom. The van der Waals surface area contributed by atoms with Crippen LogP contribution in [0.3, 0.4) is 0 Å². The third kappa shape index (κ3) is 11.5. The summed E-state index contributed by atoms with van der Waals surface area (Å²) in [6.07, 6.45) is 9.94. The number of Topliss-reactive ketones (excluding diaryl/α,β-unsaturated/α-hetero) is 1. The molecule has 4 N–H and O–H groups in total. The molecule has 0 aliphatic carbocycles. The molecule has 0 radical (unpaired) electrons. The first-order valence-corrected chi connectivity index (χ1v) is 12.8. The van der Waals surface area contributed by atoms with Gasteiger partial charge in [0.1, 0.15) is 12.1 Å². The van der Waals surface area contributed by atoms with Gasteiger partial charge in [0.25, 0.3) is 5.91 Å². The Morgan fingerprint density at radius 2 is 1.78 bits per heavy atom. The maximum atomic E-state index is 13.3. The van der Waals surface area contributed by atoms with Crippen molar-refractivity contribution in [2.45, 2.75) is 91.3 Å². The summed E-state index contributed by atoms with van der Waals surface area (Å²) in [5, 5.41) is 10.2. The summed E-state index contributed by atoms with van der Waals surface area (Å²) in [7, 11) is 1.45. The summed E-state index contributed by atoms with van der Waals surface area (Å²) in [5.74, 6) is -0.119. The number of ketones is 1. The molecule has 1 heterocycles. The fraction of sp³-hybridized carbons (Fsp3) is 0.667. The molecule has 1 rings (SSSR count). The number of nitrogens with zero attached hydrogens (tertiary/aromatic N) is 1. The van der Waals surface area contributed by atoms with E-state index in [1.807, 2.05) is 20.8 Å². The molecule has 10 nitrogen and oxygen atoms in total. The molecular formula is C27H45N5O5. The van der Waals surface area contributed by atoms with Crippen LogP contribution >= 0.6 is 0 Å². The van der Waals surface area contributed by atoms with E-state index in [0.717, 1.165) is 0 Å². The van der Waals surface area contributed by atoms with E-state index in [1.54, 1.807) is 6.08 Å². The lowest BCUT2D eigenvalue weighted by Gasteiger charge is -2.35. The second-order valence-electron chi connectivity index (χ2n) is 9.92. The standard InChI is InChI=1S/C24H37N5O5.C3H8/c1-7-9-12-16(18(30)21(32)26-14-10-8-2)27-20(31)17-13-11-15-29(17)22(33)19(24(3,4)5)28-23(34)25-6;1-3-2/h1,8,16-17,19H,2,9-15H2,3-6H3,(H,26,32)(H,27,31)(H2,25,28,34);3H2,1-2H3. The van der Waals surface area contributed by atoms with Crippen molar-refractivity contribution in [1.29, 1.82) is 0 Å². The number of hydrogen-bond donors (Lipinski definition) is 4. The van der Waals surface area contributed by atoms with Crippen molar-refractivity contribution in [3.05, 3.63) is 12.7 Å². The molecule has 0 aromatic carbocycles. The Balaban J connectivity index is 0.00000410. The van der Waals surface area contributed by atoms with E-state index in [-0.39, 0.29) is 25.3 Å². The molecule has 10 heteroatoms. The Kier molecular flexibility index (Phi) is 15.6. The molecule has 0 aromatic heterocycles. The van der Waals surface area contributed by atoms with Gasteiger partial charge in [-0.15, -0.1) is 18.9 Å². The fourth-order valence-electron chi connectivity index (χ4n) is 3.62. The van der Waals surface area contributed by atoms with Gasteiger partial charge in [-0.3, -0.25) is 19.2 Å². The normalized spacial score (nSPS) is 16.1. The highest BCUT2D eigenvalue weighted by molar-refractivity contribution is 6.38. The van der Waals surface area contributed by atoms with Crippen LogP contribution in [0.25, 0.3) is 0 Å². The molecule has 37 heavy (non-hydrogen) atoms. The van der Waals surface area contributed by atoms with Gasteiger partial charge in [-0.05, 0) is 31.1 Å². The van der Waals surface area contributed by atoms with Gasteiger partial charge >= 0.3 is 6.03 Å². The first-order valence-electron chi connectivity index (χ1n) is 12.8. The van der Waals surface area contributed by atoms with Crippen LogP contribution < -0.4 is 21.3 Å². The molecule has 1 fully saturated rings. The lowest BCUT2D eigenvalue weighted by atomic mass is 9.85. The predicted octanol–water partition coefficient (Wildman–Crippen LogP) is 1.90. The van der Waals surface area contributed by atoms with Gasteiger partial charge in [-0.25, -0.2) is 4.79 Å². The van der Waals surface area contributed by atoms with Gasteiger partial charge in [0.2, 0.25) is 17.6 Å². The number of urea groups is 1. The summed E-state index contributed by atoms with van der Waals surface area (Å²) < 4.78 is 0. The van der Waals surface area contributed by atoms with Crippen LogP contribution in [0.2, 0.25) is 0 Å². The molecule has 1 saturated heterocycles. The molecule has 1 aliphatic rings. The van der Waals surface area contributed by atoms with Gasteiger partial charge in [0.15, 0.2) is 0 Å². The van der Waals surface area contributed by atoms with E-state index in [2.05, 4.69) is 47.6 Å². The SMILES string of the molecule is C#CCCC(NC(=O)C1CCCN1C(=O)C(NC(=O)NC)C(C)(C)C)C(=O)C(=O)NCCC=C.CCC. The third-order valence-corrected chi connectivity index (χ3v) is 5.52. The Hall–Kier alpha value is -3.35. The number of terminal acetylenes is 1. The second kappa shape index (κ2) is 17.2. The molecule has 3 atom stereocenters. The lowest BCUT2D eigenvalue weighted by molar-refractivity contribution is -0.143. The minimum Gasteiger partial charge on any atom is -0.349 e. The highest BCUT2D eigenvalue weighted by Crippen LogP contribution is 2.26. The fourth-order valence-corrected chi connectivity index (χ4v) is 3.62. The summed E-state index contributed by atoms with van der Waals surface area (Å²) in [6, 6.07) is -3.30. The van der Waals surface area contributed by atoms with Gasteiger partial charge in [0, 0.05) is 26.6 Å².